The Labute approximate surface area is 73.0 Å². The first-order valence-electron chi connectivity index (χ1n) is 4.03. The van der Waals surface area contributed by atoms with Gasteiger partial charge in [0.2, 0.25) is 0 Å². The summed E-state index contributed by atoms with van der Waals surface area (Å²) >= 11 is 0. The lowest BCUT2D eigenvalue weighted by Crippen LogP contribution is -1.92. The number of terminal acetylenes is 1. The highest BCUT2D eigenvalue weighted by molar-refractivity contribution is 5.31. The van der Waals surface area contributed by atoms with E-state index in [4.69, 9.17) is 11.5 Å². The quantitative estimate of drug-likeness (QED) is 0.659. The zero-order valence-electron chi connectivity index (χ0n) is 7.12. The topological polar surface area (TPSA) is 20.2 Å². The molecular formula is C11H12O. The Bertz CT molecular complexity index is 279. The van der Waals surface area contributed by atoms with Crippen LogP contribution in [0.1, 0.15) is 24.8 Å². The molecule has 1 aromatic rings. The normalized spacial score (nSPS) is 12.0. The first kappa shape index (κ1) is 8.67. The molecule has 0 fully saturated rings. The van der Waals surface area contributed by atoms with Gasteiger partial charge in [0.15, 0.2) is 0 Å². The van der Waals surface area contributed by atoms with Crippen molar-refractivity contribution in [2.75, 3.05) is 0 Å². The van der Waals surface area contributed by atoms with Crippen LogP contribution in [0.2, 0.25) is 0 Å². The minimum atomic E-state index is 0.172. The summed E-state index contributed by atoms with van der Waals surface area (Å²) in [6.07, 6.45) is 6.27. The minimum Gasteiger partial charge on any atom is -0.508 e. The summed E-state index contributed by atoms with van der Waals surface area (Å²) in [6.45, 7) is 2.05. The van der Waals surface area contributed by atoms with Gasteiger partial charge in [0, 0.05) is 5.92 Å². The average Bonchev–Trinajstić information content (AvgIpc) is 2.10. The third kappa shape index (κ3) is 1.79. The molecule has 0 saturated carbocycles. The van der Waals surface area contributed by atoms with Gasteiger partial charge in [-0.25, -0.2) is 0 Å². The second kappa shape index (κ2) is 3.82. The van der Waals surface area contributed by atoms with Gasteiger partial charge in [0.05, 0.1) is 0 Å². The highest BCUT2D eigenvalue weighted by atomic mass is 16.3. The van der Waals surface area contributed by atoms with Gasteiger partial charge in [-0.2, -0.15) is 0 Å². The Hall–Kier alpha value is -1.42. The number of phenolic OH excluding ortho intramolecular Hbond substituents is 1. The molecule has 0 amide bonds. The van der Waals surface area contributed by atoms with Gasteiger partial charge >= 0.3 is 0 Å². The van der Waals surface area contributed by atoms with Crippen LogP contribution in [0.25, 0.3) is 0 Å². The Morgan fingerprint density at radius 3 is 2.42 bits per heavy atom. The van der Waals surface area contributed by atoms with Crippen LogP contribution < -0.4 is 0 Å². The lowest BCUT2D eigenvalue weighted by Gasteiger charge is -2.06. The van der Waals surface area contributed by atoms with E-state index in [1.54, 1.807) is 12.1 Å². The standard InChI is InChI=1S/C11H12O/c1-3-9(4-2)10-5-7-11(12)8-6-10/h1,5-9,12H,4H2,2H3. The molecule has 0 aliphatic rings. The molecule has 12 heavy (non-hydrogen) atoms. The number of rotatable bonds is 2. The van der Waals surface area contributed by atoms with Crippen molar-refractivity contribution in [3.05, 3.63) is 29.8 Å². The summed E-state index contributed by atoms with van der Waals surface area (Å²) < 4.78 is 0. The molecule has 0 aliphatic carbocycles. The van der Waals surface area contributed by atoms with Crippen molar-refractivity contribution >= 4 is 0 Å². The van der Waals surface area contributed by atoms with Crippen LogP contribution in [0.15, 0.2) is 24.3 Å². The largest absolute Gasteiger partial charge is 0.508 e. The molecule has 0 aromatic heterocycles. The van der Waals surface area contributed by atoms with Crippen LogP contribution >= 0.6 is 0 Å². The third-order valence-electron chi connectivity index (χ3n) is 1.90. The number of benzene rings is 1. The summed E-state index contributed by atoms with van der Waals surface area (Å²) in [5.74, 6) is 3.16. The average molecular weight is 160 g/mol. The monoisotopic (exact) mass is 160 g/mol. The SMILES string of the molecule is C#CC(CC)c1ccc(O)cc1. The number of phenols is 1. The predicted molar refractivity (Wildman–Crippen MR) is 50.0 cm³/mol. The molecule has 62 valence electrons. The van der Waals surface area contributed by atoms with E-state index in [1.165, 1.54) is 0 Å². The van der Waals surface area contributed by atoms with E-state index in [-0.39, 0.29) is 11.7 Å². The van der Waals surface area contributed by atoms with E-state index in [0.717, 1.165) is 12.0 Å². The van der Waals surface area contributed by atoms with E-state index >= 15 is 0 Å². The second-order valence-electron chi connectivity index (χ2n) is 2.72. The van der Waals surface area contributed by atoms with Gasteiger partial charge < -0.3 is 5.11 Å². The van der Waals surface area contributed by atoms with Gasteiger partial charge in [0.1, 0.15) is 5.75 Å². The van der Waals surface area contributed by atoms with Crippen molar-refractivity contribution in [3.8, 4) is 18.1 Å². The summed E-state index contributed by atoms with van der Waals surface area (Å²) in [5, 5.41) is 9.03. The summed E-state index contributed by atoms with van der Waals surface area (Å²) in [4.78, 5) is 0. The Balaban J connectivity index is 2.89. The van der Waals surface area contributed by atoms with Crippen LogP contribution in [0.5, 0.6) is 5.75 Å². The zero-order valence-corrected chi connectivity index (χ0v) is 7.12. The highest BCUT2D eigenvalue weighted by Crippen LogP contribution is 2.20. The molecule has 1 unspecified atom stereocenters. The van der Waals surface area contributed by atoms with E-state index in [2.05, 4.69) is 12.8 Å². The molecule has 1 heteroatoms. The van der Waals surface area contributed by atoms with E-state index in [1.807, 2.05) is 12.1 Å². The Morgan fingerprint density at radius 1 is 1.42 bits per heavy atom. The summed E-state index contributed by atoms with van der Waals surface area (Å²) in [6, 6.07) is 7.05. The summed E-state index contributed by atoms with van der Waals surface area (Å²) in [5.41, 5.74) is 1.10. The van der Waals surface area contributed by atoms with Crippen LogP contribution in [0, 0.1) is 12.3 Å². The molecule has 0 heterocycles. The first-order valence-corrected chi connectivity index (χ1v) is 4.03. The maximum absolute atomic E-state index is 9.03. The van der Waals surface area contributed by atoms with Crippen molar-refractivity contribution in [1.29, 1.82) is 0 Å². The molecule has 1 atom stereocenters. The number of aromatic hydroxyl groups is 1. The highest BCUT2D eigenvalue weighted by Gasteiger charge is 2.03. The van der Waals surface area contributed by atoms with E-state index in [9.17, 15) is 0 Å². The molecular weight excluding hydrogens is 148 g/mol. The van der Waals surface area contributed by atoms with Crippen molar-refractivity contribution in [3.63, 3.8) is 0 Å². The second-order valence-corrected chi connectivity index (χ2v) is 2.72. The molecule has 0 bridgehead atoms. The van der Waals surface area contributed by atoms with E-state index < -0.39 is 0 Å². The third-order valence-corrected chi connectivity index (χ3v) is 1.90. The smallest absolute Gasteiger partial charge is 0.115 e. The molecule has 1 aromatic carbocycles. The van der Waals surface area contributed by atoms with Gasteiger partial charge in [-0.05, 0) is 24.1 Å². The van der Waals surface area contributed by atoms with Crippen molar-refractivity contribution in [2.45, 2.75) is 19.3 Å². The fraction of sp³-hybridized carbons (Fsp3) is 0.273. The zero-order chi connectivity index (χ0) is 8.97. The Morgan fingerprint density at radius 2 is 2.00 bits per heavy atom. The predicted octanol–water partition coefficient (Wildman–Crippen LogP) is 2.52. The molecule has 0 saturated heterocycles. The van der Waals surface area contributed by atoms with Gasteiger partial charge in [-0.15, -0.1) is 6.42 Å². The summed E-state index contributed by atoms with van der Waals surface area (Å²) in [7, 11) is 0. The fourth-order valence-electron chi connectivity index (χ4n) is 1.16. The first-order chi connectivity index (χ1) is 5.77. The molecule has 0 aliphatic heterocycles. The molecule has 1 nitrogen and oxygen atoms in total. The molecule has 1 N–H and O–H groups in total. The number of hydrogen-bond donors (Lipinski definition) is 1. The van der Waals surface area contributed by atoms with E-state index in [0.29, 0.717) is 0 Å². The van der Waals surface area contributed by atoms with Crippen molar-refractivity contribution in [1.82, 2.24) is 0 Å². The van der Waals surface area contributed by atoms with Crippen molar-refractivity contribution in [2.24, 2.45) is 0 Å². The lowest BCUT2D eigenvalue weighted by atomic mass is 9.98. The maximum atomic E-state index is 9.03. The van der Waals surface area contributed by atoms with Crippen LogP contribution in [0.3, 0.4) is 0 Å². The van der Waals surface area contributed by atoms with Gasteiger partial charge in [-0.1, -0.05) is 25.0 Å². The minimum absolute atomic E-state index is 0.172. The molecule has 1 rings (SSSR count). The molecule has 0 radical (unpaired) electrons. The van der Waals surface area contributed by atoms with Crippen LogP contribution in [-0.2, 0) is 0 Å². The van der Waals surface area contributed by atoms with Crippen molar-refractivity contribution < 1.29 is 5.11 Å². The fourth-order valence-corrected chi connectivity index (χ4v) is 1.16. The van der Waals surface area contributed by atoms with Crippen LogP contribution in [-0.4, -0.2) is 5.11 Å². The van der Waals surface area contributed by atoms with Crippen LogP contribution in [0.4, 0.5) is 0 Å². The van der Waals surface area contributed by atoms with Gasteiger partial charge in [-0.3, -0.25) is 0 Å². The lowest BCUT2D eigenvalue weighted by molar-refractivity contribution is 0.475. The Kier molecular flexibility index (Phi) is 2.76. The number of hydrogen-bond acceptors (Lipinski definition) is 1. The van der Waals surface area contributed by atoms with Gasteiger partial charge in [0.25, 0.3) is 0 Å². The molecule has 0 spiro atoms. The maximum Gasteiger partial charge on any atom is 0.115 e.